The number of hydrogen-bond donors (Lipinski definition) is 0. The van der Waals surface area contributed by atoms with E-state index >= 15 is 0 Å². The molecule has 1 unspecified atom stereocenters. The Morgan fingerprint density at radius 3 is 2.82 bits per heavy atom. The lowest BCUT2D eigenvalue weighted by Crippen LogP contribution is -2.00. The molecular weight excluding hydrogens is 414 g/mol. The van der Waals surface area contributed by atoms with E-state index in [0.717, 1.165) is 34.3 Å². The maximum Gasteiger partial charge on any atom is 0.247 e. The van der Waals surface area contributed by atoms with Crippen LogP contribution in [-0.2, 0) is 0 Å². The third-order valence-electron chi connectivity index (χ3n) is 4.46. The minimum absolute atomic E-state index is 0.0432. The van der Waals surface area contributed by atoms with E-state index in [4.69, 9.17) is 16.0 Å². The third-order valence-corrected chi connectivity index (χ3v) is 6.61. The summed E-state index contributed by atoms with van der Waals surface area (Å²) in [5, 5.41) is 20.9. The topological polar surface area (TPSA) is 69.6 Å². The van der Waals surface area contributed by atoms with E-state index in [2.05, 4.69) is 36.4 Å². The summed E-state index contributed by atoms with van der Waals surface area (Å²) in [5.74, 6) is 1.97. The molecule has 0 N–H and O–H groups in total. The van der Waals surface area contributed by atoms with Gasteiger partial charge < -0.3 is 4.42 Å². The molecule has 28 heavy (non-hydrogen) atoms. The van der Waals surface area contributed by atoms with Crippen LogP contribution in [0.2, 0.25) is 5.02 Å². The van der Waals surface area contributed by atoms with Crippen LogP contribution in [-0.4, -0.2) is 25.0 Å². The van der Waals surface area contributed by atoms with Gasteiger partial charge in [0.2, 0.25) is 11.8 Å². The number of thiophene rings is 1. The van der Waals surface area contributed by atoms with Crippen molar-refractivity contribution in [3.05, 3.63) is 52.7 Å². The molecule has 6 nitrogen and oxygen atoms in total. The van der Waals surface area contributed by atoms with Crippen LogP contribution in [0.3, 0.4) is 0 Å². The summed E-state index contributed by atoms with van der Waals surface area (Å²) in [5.41, 5.74) is 0.810. The van der Waals surface area contributed by atoms with Crippen molar-refractivity contribution in [3.8, 4) is 22.2 Å². The minimum atomic E-state index is -0.0432. The normalized spacial score (nSPS) is 15.1. The molecule has 0 saturated heterocycles. The summed E-state index contributed by atoms with van der Waals surface area (Å²) < 4.78 is 8.15. The molecule has 1 aliphatic carbocycles. The second-order valence-electron chi connectivity index (χ2n) is 6.60. The van der Waals surface area contributed by atoms with E-state index in [1.54, 1.807) is 23.1 Å². The van der Waals surface area contributed by atoms with Gasteiger partial charge in [-0.05, 0) is 49.4 Å². The molecule has 0 bridgehead atoms. The fourth-order valence-electron chi connectivity index (χ4n) is 2.94. The highest BCUT2D eigenvalue weighted by molar-refractivity contribution is 7.99. The van der Waals surface area contributed by atoms with Gasteiger partial charge in [-0.1, -0.05) is 35.5 Å². The van der Waals surface area contributed by atoms with Crippen molar-refractivity contribution in [3.63, 3.8) is 0 Å². The molecule has 1 atom stereocenters. The van der Waals surface area contributed by atoms with Crippen LogP contribution < -0.4 is 0 Å². The van der Waals surface area contributed by atoms with E-state index in [0.29, 0.717) is 22.8 Å². The van der Waals surface area contributed by atoms with Crippen LogP contribution in [0.15, 0.2) is 51.4 Å². The molecule has 0 aliphatic heterocycles. The standard InChI is InChI=1S/C19H16ClN5OS2/c1-11(17-22-23-18(26-17)12-4-2-5-13(20)10-12)28-19-24-21-16(15-6-3-9-27-15)25(19)14-7-8-14/h2-6,9-11,14H,7-8H2,1H3. The molecule has 3 aromatic heterocycles. The molecule has 0 amide bonds. The van der Waals surface area contributed by atoms with Gasteiger partial charge in [0, 0.05) is 16.6 Å². The predicted molar refractivity (Wildman–Crippen MR) is 111 cm³/mol. The van der Waals surface area contributed by atoms with Crippen molar-refractivity contribution in [2.45, 2.75) is 36.2 Å². The number of benzene rings is 1. The van der Waals surface area contributed by atoms with Crippen molar-refractivity contribution < 1.29 is 4.42 Å². The van der Waals surface area contributed by atoms with Gasteiger partial charge in [-0.2, -0.15) is 0 Å². The van der Waals surface area contributed by atoms with Gasteiger partial charge in [-0.3, -0.25) is 4.57 Å². The smallest absolute Gasteiger partial charge is 0.247 e. The number of aromatic nitrogens is 5. The second-order valence-corrected chi connectivity index (χ2v) is 9.29. The quantitative estimate of drug-likeness (QED) is 0.355. The van der Waals surface area contributed by atoms with Crippen molar-refractivity contribution >= 4 is 34.7 Å². The zero-order valence-electron chi connectivity index (χ0n) is 14.9. The first-order chi connectivity index (χ1) is 13.7. The number of rotatable bonds is 6. The Morgan fingerprint density at radius 2 is 2.07 bits per heavy atom. The van der Waals surface area contributed by atoms with Crippen molar-refractivity contribution in [2.24, 2.45) is 0 Å². The maximum atomic E-state index is 6.06. The molecule has 9 heteroatoms. The number of halogens is 1. The number of thioether (sulfide) groups is 1. The van der Waals surface area contributed by atoms with Crippen LogP contribution >= 0.6 is 34.7 Å². The zero-order chi connectivity index (χ0) is 19.1. The summed E-state index contributed by atoms with van der Waals surface area (Å²) in [6.07, 6.45) is 2.33. The first kappa shape index (κ1) is 17.9. The lowest BCUT2D eigenvalue weighted by molar-refractivity contribution is 0.508. The first-order valence-corrected chi connectivity index (χ1v) is 11.1. The molecule has 1 saturated carbocycles. The summed E-state index contributed by atoms with van der Waals surface area (Å²) in [6.45, 7) is 2.04. The molecule has 1 fully saturated rings. The van der Waals surface area contributed by atoms with E-state index in [1.165, 1.54) is 0 Å². The molecule has 1 aliphatic rings. The second kappa shape index (κ2) is 7.35. The summed E-state index contributed by atoms with van der Waals surface area (Å²) in [4.78, 5) is 1.14. The van der Waals surface area contributed by atoms with Crippen LogP contribution in [0, 0.1) is 0 Å². The summed E-state index contributed by atoms with van der Waals surface area (Å²) in [6, 6.07) is 12.0. The molecule has 3 heterocycles. The fourth-order valence-corrected chi connectivity index (χ4v) is 4.78. The van der Waals surface area contributed by atoms with E-state index < -0.39 is 0 Å². The Balaban J connectivity index is 1.40. The Kier molecular flexibility index (Phi) is 4.70. The van der Waals surface area contributed by atoms with Gasteiger partial charge in [-0.25, -0.2) is 0 Å². The molecular formula is C19H16ClN5OS2. The first-order valence-electron chi connectivity index (χ1n) is 8.94. The lowest BCUT2D eigenvalue weighted by Gasteiger charge is -2.10. The van der Waals surface area contributed by atoms with Gasteiger partial charge in [0.05, 0.1) is 10.1 Å². The lowest BCUT2D eigenvalue weighted by atomic mass is 10.2. The van der Waals surface area contributed by atoms with Crippen LogP contribution in [0.25, 0.3) is 22.2 Å². The zero-order valence-corrected chi connectivity index (χ0v) is 17.3. The van der Waals surface area contributed by atoms with Gasteiger partial charge in [0.1, 0.15) is 0 Å². The third kappa shape index (κ3) is 3.47. The Hall–Kier alpha value is -2.16. The average Bonchev–Trinajstić information content (AvgIpc) is 3.12. The van der Waals surface area contributed by atoms with Crippen LogP contribution in [0.5, 0.6) is 0 Å². The van der Waals surface area contributed by atoms with Gasteiger partial charge in [0.25, 0.3) is 0 Å². The van der Waals surface area contributed by atoms with Gasteiger partial charge in [0.15, 0.2) is 11.0 Å². The van der Waals surface area contributed by atoms with Gasteiger partial charge in [-0.15, -0.1) is 31.7 Å². The highest BCUT2D eigenvalue weighted by Gasteiger charge is 2.31. The Labute approximate surface area is 175 Å². The monoisotopic (exact) mass is 429 g/mol. The van der Waals surface area contributed by atoms with Crippen molar-refractivity contribution in [1.29, 1.82) is 0 Å². The SMILES string of the molecule is CC(Sc1nnc(-c2cccs2)n1C1CC1)c1nnc(-c2cccc(Cl)c2)o1. The molecule has 0 radical (unpaired) electrons. The highest BCUT2D eigenvalue weighted by atomic mass is 35.5. The summed E-state index contributed by atoms with van der Waals surface area (Å²) >= 11 is 9.33. The highest BCUT2D eigenvalue weighted by Crippen LogP contribution is 2.44. The van der Waals surface area contributed by atoms with E-state index in [-0.39, 0.29) is 5.25 Å². The number of hydrogen-bond acceptors (Lipinski definition) is 7. The molecule has 5 rings (SSSR count). The number of nitrogens with zero attached hydrogens (tertiary/aromatic N) is 5. The predicted octanol–water partition coefficient (Wildman–Crippen LogP) is 5.90. The van der Waals surface area contributed by atoms with E-state index in [9.17, 15) is 0 Å². The van der Waals surface area contributed by atoms with E-state index in [1.807, 2.05) is 37.3 Å². The van der Waals surface area contributed by atoms with Gasteiger partial charge >= 0.3 is 0 Å². The molecule has 4 aromatic rings. The molecule has 0 spiro atoms. The average molecular weight is 430 g/mol. The minimum Gasteiger partial charge on any atom is -0.419 e. The Morgan fingerprint density at radius 1 is 1.18 bits per heavy atom. The summed E-state index contributed by atoms with van der Waals surface area (Å²) in [7, 11) is 0. The van der Waals surface area contributed by atoms with Crippen LogP contribution in [0.4, 0.5) is 0 Å². The van der Waals surface area contributed by atoms with Crippen molar-refractivity contribution in [1.82, 2.24) is 25.0 Å². The molecule has 1 aromatic carbocycles. The fraction of sp³-hybridized carbons (Fsp3) is 0.263. The largest absolute Gasteiger partial charge is 0.419 e. The van der Waals surface area contributed by atoms with Crippen molar-refractivity contribution in [2.75, 3.05) is 0 Å². The maximum absolute atomic E-state index is 6.06. The van der Waals surface area contributed by atoms with Crippen LogP contribution in [0.1, 0.15) is 36.9 Å². The Bertz CT molecular complexity index is 1100. The molecule has 142 valence electrons.